The van der Waals surface area contributed by atoms with E-state index in [4.69, 9.17) is 0 Å². The van der Waals surface area contributed by atoms with Crippen LogP contribution in [0.2, 0.25) is 0 Å². The Hall–Kier alpha value is -0.470. The normalized spacial score (nSPS) is 13.9. The Morgan fingerprint density at radius 3 is 2.20 bits per heavy atom. The van der Waals surface area contributed by atoms with Crippen molar-refractivity contribution in [2.45, 2.75) is 39.0 Å². The SMILES string of the molecule is CC(C)(C)C(O)Cc1ccccc1CS. The lowest BCUT2D eigenvalue weighted by Crippen LogP contribution is -2.28. The van der Waals surface area contributed by atoms with Crippen LogP contribution >= 0.6 is 12.6 Å². The summed E-state index contributed by atoms with van der Waals surface area (Å²) in [5, 5.41) is 10.0. The molecule has 1 aromatic rings. The Balaban J connectivity index is 2.80. The smallest absolute Gasteiger partial charge is 0.0628 e. The van der Waals surface area contributed by atoms with Crippen LogP contribution in [-0.2, 0) is 12.2 Å². The van der Waals surface area contributed by atoms with Gasteiger partial charge in [0.1, 0.15) is 0 Å². The molecule has 1 aromatic carbocycles. The predicted octanol–water partition coefficient (Wildman–Crippen LogP) is 3.07. The molecule has 0 aliphatic rings. The number of hydrogen-bond acceptors (Lipinski definition) is 2. The first-order valence-corrected chi connectivity index (χ1v) is 5.94. The lowest BCUT2D eigenvalue weighted by Gasteiger charge is -2.26. The number of aliphatic hydroxyl groups is 1. The number of thiol groups is 1. The number of hydrogen-bond donors (Lipinski definition) is 2. The van der Waals surface area contributed by atoms with Gasteiger partial charge in [0.05, 0.1) is 6.10 Å². The molecule has 0 bridgehead atoms. The minimum atomic E-state index is -0.307. The van der Waals surface area contributed by atoms with Gasteiger partial charge < -0.3 is 5.11 Å². The number of rotatable bonds is 3. The second-order valence-electron chi connectivity index (χ2n) is 5.01. The Morgan fingerprint density at radius 1 is 1.20 bits per heavy atom. The quantitative estimate of drug-likeness (QED) is 0.756. The van der Waals surface area contributed by atoms with Gasteiger partial charge in [0, 0.05) is 5.75 Å². The van der Waals surface area contributed by atoms with Crippen LogP contribution in [0.3, 0.4) is 0 Å². The molecule has 0 amide bonds. The van der Waals surface area contributed by atoms with Crippen molar-refractivity contribution in [3.05, 3.63) is 35.4 Å². The summed E-state index contributed by atoms with van der Waals surface area (Å²) in [5.74, 6) is 0.729. The third-order valence-electron chi connectivity index (χ3n) is 2.70. The Labute approximate surface area is 97.9 Å². The zero-order valence-corrected chi connectivity index (χ0v) is 10.6. The molecule has 1 N–H and O–H groups in total. The van der Waals surface area contributed by atoms with E-state index in [1.165, 1.54) is 11.1 Å². The highest BCUT2D eigenvalue weighted by atomic mass is 32.1. The van der Waals surface area contributed by atoms with Crippen LogP contribution in [-0.4, -0.2) is 11.2 Å². The van der Waals surface area contributed by atoms with E-state index in [2.05, 4.69) is 45.5 Å². The Morgan fingerprint density at radius 2 is 1.73 bits per heavy atom. The van der Waals surface area contributed by atoms with Crippen LogP contribution in [0.15, 0.2) is 24.3 Å². The summed E-state index contributed by atoms with van der Waals surface area (Å²) in [6.07, 6.45) is 0.402. The van der Waals surface area contributed by atoms with Crippen molar-refractivity contribution in [2.75, 3.05) is 0 Å². The van der Waals surface area contributed by atoms with Gasteiger partial charge in [-0.05, 0) is 23.0 Å². The molecule has 0 radical (unpaired) electrons. The molecule has 1 atom stereocenters. The molecule has 1 rings (SSSR count). The average molecular weight is 224 g/mol. The summed E-state index contributed by atoms with van der Waals surface area (Å²) in [7, 11) is 0. The van der Waals surface area contributed by atoms with Crippen molar-refractivity contribution >= 4 is 12.6 Å². The van der Waals surface area contributed by atoms with Crippen LogP contribution in [0.4, 0.5) is 0 Å². The van der Waals surface area contributed by atoms with Gasteiger partial charge in [-0.15, -0.1) is 0 Å². The lowest BCUT2D eigenvalue weighted by molar-refractivity contribution is 0.0635. The molecular weight excluding hydrogens is 204 g/mol. The largest absolute Gasteiger partial charge is 0.392 e. The molecule has 0 aromatic heterocycles. The predicted molar refractivity (Wildman–Crippen MR) is 68.3 cm³/mol. The zero-order chi connectivity index (χ0) is 11.5. The molecular formula is C13H20OS. The fourth-order valence-corrected chi connectivity index (χ4v) is 1.73. The van der Waals surface area contributed by atoms with Crippen molar-refractivity contribution in [2.24, 2.45) is 5.41 Å². The van der Waals surface area contributed by atoms with Gasteiger partial charge in [0.15, 0.2) is 0 Å². The molecule has 1 unspecified atom stereocenters. The summed E-state index contributed by atoms with van der Waals surface area (Å²) in [5.41, 5.74) is 2.35. The highest BCUT2D eigenvalue weighted by Crippen LogP contribution is 2.24. The maximum Gasteiger partial charge on any atom is 0.0628 e. The van der Waals surface area contributed by atoms with Gasteiger partial charge >= 0.3 is 0 Å². The van der Waals surface area contributed by atoms with E-state index in [1.54, 1.807) is 0 Å². The summed E-state index contributed by atoms with van der Waals surface area (Å²) in [6, 6.07) is 8.16. The first-order chi connectivity index (χ1) is 6.95. The fourth-order valence-electron chi connectivity index (χ4n) is 1.43. The third kappa shape index (κ3) is 3.54. The Bertz CT molecular complexity index is 315. The van der Waals surface area contributed by atoms with E-state index >= 15 is 0 Å². The van der Waals surface area contributed by atoms with Gasteiger partial charge in [-0.1, -0.05) is 45.0 Å². The van der Waals surface area contributed by atoms with E-state index < -0.39 is 0 Å². The van der Waals surface area contributed by atoms with Crippen LogP contribution in [0.5, 0.6) is 0 Å². The fraction of sp³-hybridized carbons (Fsp3) is 0.538. The maximum absolute atomic E-state index is 10.0. The first-order valence-electron chi connectivity index (χ1n) is 5.31. The van der Waals surface area contributed by atoms with Crippen LogP contribution in [0, 0.1) is 5.41 Å². The van der Waals surface area contributed by atoms with Crippen molar-refractivity contribution in [3.8, 4) is 0 Å². The summed E-state index contributed by atoms with van der Waals surface area (Å²) >= 11 is 4.29. The second-order valence-corrected chi connectivity index (χ2v) is 5.33. The highest BCUT2D eigenvalue weighted by molar-refractivity contribution is 7.79. The van der Waals surface area contributed by atoms with Gasteiger partial charge in [-0.2, -0.15) is 12.6 Å². The van der Waals surface area contributed by atoms with Crippen molar-refractivity contribution in [1.29, 1.82) is 0 Å². The van der Waals surface area contributed by atoms with E-state index in [0.717, 1.165) is 5.75 Å². The lowest BCUT2D eigenvalue weighted by atomic mass is 9.85. The molecule has 0 aliphatic carbocycles. The number of aliphatic hydroxyl groups excluding tert-OH is 1. The summed E-state index contributed by atoms with van der Waals surface area (Å²) < 4.78 is 0. The zero-order valence-electron chi connectivity index (χ0n) is 9.70. The minimum absolute atomic E-state index is 0.0658. The molecule has 0 saturated carbocycles. The third-order valence-corrected chi connectivity index (χ3v) is 3.04. The van der Waals surface area contributed by atoms with Gasteiger partial charge in [0.2, 0.25) is 0 Å². The summed E-state index contributed by atoms with van der Waals surface area (Å²) in [6.45, 7) is 6.17. The molecule has 2 heteroatoms. The minimum Gasteiger partial charge on any atom is -0.392 e. The first kappa shape index (κ1) is 12.6. The van der Waals surface area contributed by atoms with Gasteiger partial charge in [0.25, 0.3) is 0 Å². The molecule has 0 spiro atoms. The van der Waals surface area contributed by atoms with E-state index in [0.29, 0.717) is 6.42 Å². The molecule has 0 saturated heterocycles. The van der Waals surface area contributed by atoms with Crippen LogP contribution < -0.4 is 0 Å². The molecule has 15 heavy (non-hydrogen) atoms. The van der Waals surface area contributed by atoms with Crippen LogP contribution in [0.25, 0.3) is 0 Å². The molecule has 0 aliphatic heterocycles. The molecule has 84 valence electrons. The van der Waals surface area contributed by atoms with Crippen molar-refractivity contribution in [3.63, 3.8) is 0 Å². The Kier molecular flexibility index (Phi) is 4.23. The van der Waals surface area contributed by atoms with Crippen LogP contribution in [0.1, 0.15) is 31.9 Å². The molecule has 0 fully saturated rings. The van der Waals surface area contributed by atoms with Crippen molar-refractivity contribution in [1.82, 2.24) is 0 Å². The number of benzene rings is 1. The van der Waals surface area contributed by atoms with E-state index in [1.807, 2.05) is 12.1 Å². The highest BCUT2D eigenvalue weighted by Gasteiger charge is 2.22. The van der Waals surface area contributed by atoms with Gasteiger partial charge in [-0.3, -0.25) is 0 Å². The van der Waals surface area contributed by atoms with Gasteiger partial charge in [-0.25, -0.2) is 0 Å². The average Bonchev–Trinajstić information content (AvgIpc) is 2.17. The van der Waals surface area contributed by atoms with E-state index in [-0.39, 0.29) is 11.5 Å². The second kappa shape index (κ2) is 5.04. The monoisotopic (exact) mass is 224 g/mol. The standard InChI is InChI=1S/C13H20OS/c1-13(2,3)12(14)8-10-6-4-5-7-11(10)9-15/h4-7,12,14-15H,8-9H2,1-3H3. The van der Waals surface area contributed by atoms with E-state index in [9.17, 15) is 5.11 Å². The maximum atomic E-state index is 10.0. The summed E-state index contributed by atoms with van der Waals surface area (Å²) in [4.78, 5) is 0. The topological polar surface area (TPSA) is 20.2 Å². The molecule has 1 nitrogen and oxygen atoms in total. The van der Waals surface area contributed by atoms with Crippen molar-refractivity contribution < 1.29 is 5.11 Å². The molecule has 0 heterocycles.